The highest BCUT2D eigenvalue weighted by Gasteiger charge is 2.21. The zero-order valence-corrected chi connectivity index (χ0v) is 8.94. The molecule has 0 fully saturated rings. The number of rotatable bonds is 4. The van der Waals surface area contributed by atoms with Gasteiger partial charge in [-0.25, -0.2) is 0 Å². The minimum absolute atomic E-state index is 0.0981. The molecule has 6 heteroatoms. The Labute approximate surface area is 88.1 Å². The summed E-state index contributed by atoms with van der Waals surface area (Å²) in [5.74, 6) is 0.573. The second-order valence-corrected chi connectivity index (χ2v) is 4.35. The average Bonchev–Trinajstić information content (AvgIpc) is 2.17. The van der Waals surface area contributed by atoms with Crippen LogP contribution in [0.3, 0.4) is 0 Å². The Bertz CT molecular complexity index is 409. The first-order chi connectivity index (χ1) is 6.95. The van der Waals surface area contributed by atoms with Crippen molar-refractivity contribution in [3.8, 4) is 5.75 Å². The quantitative estimate of drug-likeness (QED) is 0.755. The molecule has 0 aliphatic heterocycles. The smallest absolute Gasteiger partial charge is 0.296 e. The first-order valence-electron chi connectivity index (χ1n) is 4.32. The second-order valence-electron chi connectivity index (χ2n) is 2.87. The van der Waals surface area contributed by atoms with Crippen molar-refractivity contribution >= 4 is 10.1 Å². The molecule has 15 heavy (non-hydrogen) atoms. The maximum absolute atomic E-state index is 10.6. The molecule has 0 aromatic heterocycles. The second kappa shape index (κ2) is 4.61. The van der Waals surface area contributed by atoms with E-state index >= 15 is 0 Å². The Balaban J connectivity index is 2.89. The molecule has 0 aliphatic rings. The third-order valence-electron chi connectivity index (χ3n) is 1.76. The summed E-state index contributed by atoms with van der Waals surface area (Å²) in [4.78, 5) is 0. The van der Waals surface area contributed by atoms with Gasteiger partial charge >= 0.3 is 0 Å². The fraction of sp³-hybridized carbons (Fsp3) is 0.333. The lowest BCUT2D eigenvalue weighted by Crippen LogP contribution is -2.11. The van der Waals surface area contributed by atoms with Crippen molar-refractivity contribution < 1.29 is 22.8 Å². The van der Waals surface area contributed by atoms with Crippen LogP contribution in [-0.2, 0) is 10.1 Å². The van der Waals surface area contributed by atoms with Crippen molar-refractivity contribution in [1.29, 1.82) is 0 Å². The van der Waals surface area contributed by atoms with Gasteiger partial charge in [0.2, 0.25) is 5.44 Å². The van der Waals surface area contributed by atoms with Gasteiger partial charge in [0.25, 0.3) is 10.1 Å². The number of aliphatic hydroxyl groups is 1. The molecule has 0 saturated carbocycles. The zero-order chi connectivity index (χ0) is 11.5. The van der Waals surface area contributed by atoms with Gasteiger partial charge in [0.05, 0.1) is 6.61 Å². The topological polar surface area (TPSA) is 83.8 Å². The Morgan fingerprint density at radius 3 is 2.27 bits per heavy atom. The van der Waals surface area contributed by atoms with Gasteiger partial charge in [0.1, 0.15) is 5.75 Å². The van der Waals surface area contributed by atoms with E-state index in [-0.39, 0.29) is 5.56 Å². The number of aliphatic hydroxyl groups excluding tert-OH is 1. The van der Waals surface area contributed by atoms with Gasteiger partial charge in [-0.3, -0.25) is 4.55 Å². The summed E-state index contributed by atoms with van der Waals surface area (Å²) >= 11 is 0. The number of ether oxygens (including phenoxy) is 1. The van der Waals surface area contributed by atoms with Crippen LogP contribution >= 0.6 is 0 Å². The van der Waals surface area contributed by atoms with Gasteiger partial charge in [0.15, 0.2) is 0 Å². The Morgan fingerprint density at radius 1 is 1.33 bits per heavy atom. The van der Waals surface area contributed by atoms with Crippen molar-refractivity contribution in [2.75, 3.05) is 6.61 Å². The molecule has 2 N–H and O–H groups in total. The molecule has 0 bridgehead atoms. The largest absolute Gasteiger partial charge is 0.494 e. The minimum atomic E-state index is -4.47. The van der Waals surface area contributed by atoms with Gasteiger partial charge in [-0.05, 0) is 24.6 Å². The maximum Gasteiger partial charge on any atom is 0.296 e. The van der Waals surface area contributed by atoms with E-state index in [4.69, 9.17) is 9.29 Å². The van der Waals surface area contributed by atoms with E-state index in [0.29, 0.717) is 12.4 Å². The lowest BCUT2D eigenvalue weighted by Gasteiger charge is -2.08. The number of hydrogen-bond donors (Lipinski definition) is 2. The van der Waals surface area contributed by atoms with E-state index in [0.717, 1.165) is 0 Å². The molecule has 5 nitrogen and oxygen atoms in total. The highest BCUT2D eigenvalue weighted by Crippen LogP contribution is 2.21. The fourth-order valence-corrected chi connectivity index (χ4v) is 1.57. The van der Waals surface area contributed by atoms with E-state index in [1.165, 1.54) is 24.3 Å². The van der Waals surface area contributed by atoms with Crippen LogP contribution in [0.25, 0.3) is 0 Å². The van der Waals surface area contributed by atoms with Gasteiger partial charge < -0.3 is 9.84 Å². The molecule has 84 valence electrons. The van der Waals surface area contributed by atoms with Crippen molar-refractivity contribution in [2.45, 2.75) is 12.4 Å². The lowest BCUT2D eigenvalue weighted by atomic mass is 10.2. The van der Waals surface area contributed by atoms with Crippen molar-refractivity contribution in [2.24, 2.45) is 0 Å². The number of hydrogen-bond acceptors (Lipinski definition) is 4. The summed E-state index contributed by atoms with van der Waals surface area (Å²) in [6.07, 6.45) is 0. The monoisotopic (exact) mass is 232 g/mol. The van der Waals surface area contributed by atoms with Gasteiger partial charge in [-0.15, -0.1) is 0 Å². The van der Waals surface area contributed by atoms with E-state index in [1.807, 2.05) is 6.92 Å². The summed E-state index contributed by atoms with van der Waals surface area (Å²) in [5, 5.41) is 9.20. The first-order valence-corrected chi connectivity index (χ1v) is 5.82. The summed E-state index contributed by atoms with van der Waals surface area (Å²) in [6.45, 7) is 2.32. The SMILES string of the molecule is CCOc1ccc(C(O)S(=O)(=O)O)cc1. The number of benzene rings is 1. The van der Waals surface area contributed by atoms with Crippen LogP contribution in [0.2, 0.25) is 0 Å². The first kappa shape index (κ1) is 12.0. The van der Waals surface area contributed by atoms with Crippen molar-refractivity contribution in [3.05, 3.63) is 29.8 Å². The fourth-order valence-electron chi connectivity index (χ4n) is 1.07. The molecule has 1 rings (SSSR count). The van der Waals surface area contributed by atoms with Crippen LogP contribution in [0, 0.1) is 0 Å². The molecule has 0 spiro atoms. The Hall–Kier alpha value is -1.11. The van der Waals surface area contributed by atoms with Crippen molar-refractivity contribution in [1.82, 2.24) is 0 Å². The third-order valence-corrected chi connectivity index (χ3v) is 2.59. The standard InChI is InChI=1S/C9H12O5S/c1-2-14-8-5-3-7(4-6-8)9(10)15(11,12)13/h3-6,9-10H,2H2,1H3,(H,11,12,13). The van der Waals surface area contributed by atoms with E-state index in [9.17, 15) is 13.5 Å². The average molecular weight is 232 g/mol. The molecule has 1 aromatic rings. The van der Waals surface area contributed by atoms with Gasteiger partial charge in [-0.1, -0.05) is 12.1 Å². The Morgan fingerprint density at radius 2 is 1.87 bits per heavy atom. The summed E-state index contributed by atoms with van der Waals surface area (Å²) in [5.41, 5.74) is -1.81. The van der Waals surface area contributed by atoms with Crippen LogP contribution in [0.5, 0.6) is 5.75 Å². The highest BCUT2D eigenvalue weighted by molar-refractivity contribution is 7.85. The van der Waals surface area contributed by atoms with Gasteiger partial charge in [0, 0.05) is 0 Å². The molecule has 1 atom stereocenters. The molecular formula is C9H12O5S. The van der Waals surface area contributed by atoms with Crippen LogP contribution in [0.15, 0.2) is 24.3 Å². The maximum atomic E-state index is 10.6. The molecule has 1 aromatic carbocycles. The molecule has 0 aliphatic carbocycles. The molecule has 1 unspecified atom stereocenters. The minimum Gasteiger partial charge on any atom is -0.494 e. The predicted molar refractivity (Wildman–Crippen MR) is 54.1 cm³/mol. The van der Waals surface area contributed by atoms with Crippen LogP contribution in [0.4, 0.5) is 0 Å². The molecule has 0 saturated heterocycles. The highest BCUT2D eigenvalue weighted by atomic mass is 32.2. The third kappa shape index (κ3) is 3.19. The predicted octanol–water partition coefficient (Wildman–Crippen LogP) is 0.964. The normalized spacial score (nSPS) is 13.5. The summed E-state index contributed by atoms with van der Waals surface area (Å²) < 4.78 is 35.0. The van der Waals surface area contributed by atoms with E-state index < -0.39 is 15.6 Å². The van der Waals surface area contributed by atoms with Crippen LogP contribution < -0.4 is 4.74 Å². The van der Waals surface area contributed by atoms with Crippen LogP contribution in [-0.4, -0.2) is 24.7 Å². The molecular weight excluding hydrogens is 220 g/mol. The zero-order valence-electron chi connectivity index (χ0n) is 8.12. The summed E-state index contributed by atoms with van der Waals surface area (Å²) in [7, 11) is -4.47. The summed E-state index contributed by atoms with van der Waals surface area (Å²) in [6, 6.07) is 5.80. The molecule has 0 radical (unpaired) electrons. The molecule has 0 amide bonds. The molecule has 0 heterocycles. The van der Waals surface area contributed by atoms with Crippen LogP contribution in [0.1, 0.15) is 17.9 Å². The van der Waals surface area contributed by atoms with E-state index in [1.54, 1.807) is 0 Å². The van der Waals surface area contributed by atoms with E-state index in [2.05, 4.69) is 0 Å². The Kier molecular flexibility index (Phi) is 3.67. The van der Waals surface area contributed by atoms with Crippen molar-refractivity contribution in [3.63, 3.8) is 0 Å². The lowest BCUT2D eigenvalue weighted by molar-refractivity contribution is 0.238. The van der Waals surface area contributed by atoms with Gasteiger partial charge in [-0.2, -0.15) is 8.42 Å².